The lowest BCUT2D eigenvalue weighted by atomic mass is 9.99. The molecule has 0 aromatic carbocycles. The number of anilines is 1. The lowest BCUT2D eigenvalue weighted by molar-refractivity contribution is 0.228. The molecule has 1 aliphatic heterocycles. The monoisotopic (exact) mass is 312 g/mol. The number of hydrogen-bond donors (Lipinski definition) is 0. The van der Waals surface area contributed by atoms with E-state index in [1.165, 1.54) is 6.42 Å². The van der Waals surface area contributed by atoms with Crippen molar-refractivity contribution >= 4 is 5.95 Å². The number of nitrogens with zero attached hydrogens (tertiary/aromatic N) is 4. The van der Waals surface area contributed by atoms with Crippen LogP contribution in [-0.2, 0) is 0 Å². The molecular formula is C18H24N4O. The van der Waals surface area contributed by atoms with E-state index in [0.29, 0.717) is 5.92 Å². The largest absolute Gasteiger partial charge is 0.493 e. The molecule has 23 heavy (non-hydrogen) atoms. The van der Waals surface area contributed by atoms with Crippen LogP contribution in [0.4, 0.5) is 5.95 Å². The average Bonchev–Trinajstić information content (AvgIpc) is 2.52. The molecule has 2 aromatic heterocycles. The standard InChI is InChI=1S/C18H24N4O/c1-13-10-17(6-7-19-13)23-12-16-5-4-8-22(11-16)18-20-14(2)9-15(3)21-18/h6-7,9-10,16H,4-5,8,11-12H2,1-3H3. The molecular weight excluding hydrogens is 288 g/mol. The summed E-state index contributed by atoms with van der Waals surface area (Å²) in [6.07, 6.45) is 4.13. The summed E-state index contributed by atoms with van der Waals surface area (Å²) in [6.45, 7) is 8.72. The van der Waals surface area contributed by atoms with Gasteiger partial charge in [0.25, 0.3) is 0 Å². The zero-order valence-corrected chi connectivity index (χ0v) is 14.1. The van der Waals surface area contributed by atoms with Gasteiger partial charge in [0.05, 0.1) is 6.61 Å². The first-order chi connectivity index (χ1) is 11.1. The summed E-state index contributed by atoms with van der Waals surface area (Å²) in [5, 5.41) is 0. The third-order valence-electron chi connectivity index (χ3n) is 4.13. The molecule has 0 N–H and O–H groups in total. The molecule has 3 rings (SSSR count). The molecule has 2 aromatic rings. The lowest BCUT2D eigenvalue weighted by Gasteiger charge is -2.32. The first kappa shape index (κ1) is 15.7. The molecule has 0 bridgehead atoms. The van der Waals surface area contributed by atoms with Gasteiger partial charge < -0.3 is 9.64 Å². The molecule has 3 heterocycles. The third kappa shape index (κ3) is 4.18. The fourth-order valence-corrected chi connectivity index (χ4v) is 3.05. The van der Waals surface area contributed by atoms with E-state index in [1.54, 1.807) is 6.20 Å². The van der Waals surface area contributed by atoms with Gasteiger partial charge in [0.2, 0.25) is 5.95 Å². The fourth-order valence-electron chi connectivity index (χ4n) is 3.05. The van der Waals surface area contributed by atoms with E-state index in [0.717, 1.165) is 54.9 Å². The summed E-state index contributed by atoms with van der Waals surface area (Å²) in [4.78, 5) is 15.7. The van der Waals surface area contributed by atoms with Crippen LogP contribution in [0.5, 0.6) is 5.75 Å². The summed E-state index contributed by atoms with van der Waals surface area (Å²) >= 11 is 0. The van der Waals surface area contributed by atoms with Crippen molar-refractivity contribution < 1.29 is 4.74 Å². The minimum Gasteiger partial charge on any atom is -0.493 e. The second kappa shape index (κ2) is 6.94. The van der Waals surface area contributed by atoms with Crippen LogP contribution in [0.1, 0.15) is 29.9 Å². The van der Waals surface area contributed by atoms with Crippen LogP contribution >= 0.6 is 0 Å². The van der Waals surface area contributed by atoms with Crippen LogP contribution in [0, 0.1) is 26.7 Å². The Bertz CT molecular complexity index is 654. The fraction of sp³-hybridized carbons (Fsp3) is 0.500. The van der Waals surface area contributed by atoms with E-state index < -0.39 is 0 Å². The topological polar surface area (TPSA) is 51.1 Å². The zero-order chi connectivity index (χ0) is 16.2. The number of hydrogen-bond acceptors (Lipinski definition) is 5. The van der Waals surface area contributed by atoms with Gasteiger partial charge in [-0.05, 0) is 45.7 Å². The first-order valence-corrected chi connectivity index (χ1v) is 8.23. The maximum Gasteiger partial charge on any atom is 0.225 e. The van der Waals surface area contributed by atoms with E-state index in [2.05, 4.69) is 19.9 Å². The summed E-state index contributed by atoms with van der Waals surface area (Å²) in [6, 6.07) is 5.91. The number of pyridine rings is 1. The van der Waals surface area contributed by atoms with Crippen molar-refractivity contribution in [3.63, 3.8) is 0 Å². The highest BCUT2D eigenvalue weighted by molar-refractivity contribution is 5.33. The van der Waals surface area contributed by atoms with Crippen LogP contribution in [0.2, 0.25) is 0 Å². The predicted octanol–water partition coefficient (Wildman–Crippen LogP) is 3.09. The molecule has 0 saturated carbocycles. The molecule has 0 radical (unpaired) electrons. The molecule has 1 unspecified atom stereocenters. The minimum atomic E-state index is 0.502. The van der Waals surface area contributed by atoms with Gasteiger partial charge >= 0.3 is 0 Å². The summed E-state index contributed by atoms with van der Waals surface area (Å²) in [5.74, 6) is 2.26. The number of rotatable bonds is 4. The Kier molecular flexibility index (Phi) is 4.74. The van der Waals surface area contributed by atoms with Crippen molar-refractivity contribution in [3.05, 3.63) is 41.5 Å². The highest BCUT2D eigenvalue weighted by Crippen LogP contribution is 2.22. The van der Waals surface area contributed by atoms with Gasteiger partial charge in [0.15, 0.2) is 0 Å². The number of aryl methyl sites for hydroxylation is 3. The number of piperidine rings is 1. The minimum absolute atomic E-state index is 0.502. The van der Waals surface area contributed by atoms with Gasteiger partial charge in [-0.2, -0.15) is 0 Å². The van der Waals surface area contributed by atoms with E-state index in [4.69, 9.17) is 4.74 Å². The molecule has 5 heteroatoms. The van der Waals surface area contributed by atoms with Crippen LogP contribution in [0.25, 0.3) is 0 Å². The van der Waals surface area contributed by atoms with Crippen molar-refractivity contribution in [1.29, 1.82) is 0 Å². The van der Waals surface area contributed by atoms with Gasteiger partial charge in [-0.25, -0.2) is 9.97 Å². The van der Waals surface area contributed by atoms with Crippen molar-refractivity contribution in [2.45, 2.75) is 33.6 Å². The van der Waals surface area contributed by atoms with Crippen LogP contribution < -0.4 is 9.64 Å². The van der Waals surface area contributed by atoms with E-state index in [1.807, 2.05) is 39.0 Å². The van der Waals surface area contributed by atoms with Crippen molar-refractivity contribution in [2.75, 3.05) is 24.6 Å². The second-order valence-corrected chi connectivity index (χ2v) is 6.35. The van der Waals surface area contributed by atoms with Crippen molar-refractivity contribution in [3.8, 4) is 5.75 Å². The molecule has 1 saturated heterocycles. The average molecular weight is 312 g/mol. The molecule has 0 spiro atoms. The van der Waals surface area contributed by atoms with Gasteiger partial charge in [-0.1, -0.05) is 0 Å². The Hall–Kier alpha value is -2.17. The normalized spacial score (nSPS) is 18.0. The lowest BCUT2D eigenvalue weighted by Crippen LogP contribution is -2.38. The Labute approximate surface area is 137 Å². The highest BCUT2D eigenvalue weighted by Gasteiger charge is 2.22. The molecule has 122 valence electrons. The van der Waals surface area contributed by atoms with Crippen molar-refractivity contribution in [1.82, 2.24) is 15.0 Å². The predicted molar refractivity (Wildman–Crippen MR) is 90.9 cm³/mol. The Morgan fingerprint density at radius 3 is 2.65 bits per heavy atom. The number of aromatic nitrogens is 3. The maximum absolute atomic E-state index is 5.95. The third-order valence-corrected chi connectivity index (χ3v) is 4.13. The van der Waals surface area contributed by atoms with Crippen LogP contribution in [0.3, 0.4) is 0 Å². The quantitative estimate of drug-likeness (QED) is 0.868. The van der Waals surface area contributed by atoms with Crippen molar-refractivity contribution in [2.24, 2.45) is 5.92 Å². The van der Waals surface area contributed by atoms with Crippen LogP contribution in [0.15, 0.2) is 24.4 Å². The van der Waals surface area contributed by atoms with E-state index in [9.17, 15) is 0 Å². The molecule has 0 amide bonds. The van der Waals surface area contributed by atoms with E-state index >= 15 is 0 Å². The maximum atomic E-state index is 5.95. The molecule has 1 aliphatic rings. The molecule has 1 atom stereocenters. The summed E-state index contributed by atoms with van der Waals surface area (Å²) < 4.78 is 5.95. The molecule has 5 nitrogen and oxygen atoms in total. The van der Waals surface area contributed by atoms with Gasteiger partial charge in [-0.3, -0.25) is 4.98 Å². The SMILES string of the molecule is Cc1cc(OCC2CCCN(c3nc(C)cc(C)n3)C2)ccn1. The van der Waals surface area contributed by atoms with Crippen LogP contribution in [-0.4, -0.2) is 34.6 Å². The summed E-state index contributed by atoms with van der Waals surface area (Å²) in [5.41, 5.74) is 3.03. The Balaban J connectivity index is 1.61. The Morgan fingerprint density at radius 1 is 1.13 bits per heavy atom. The highest BCUT2D eigenvalue weighted by atomic mass is 16.5. The van der Waals surface area contributed by atoms with E-state index in [-0.39, 0.29) is 0 Å². The number of ether oxygens (including phenoxy) is 1. The zero-order valence-electron chi connectivity index (χ0n) is 14.1. The van der Waals surface area contributed by atoms with Gasteiger partial charge in [-0.15, -0.1) is 0 Å². The van der Waals surface area contributed by atoms with Gasteiger partial charge in [0, 0.05) is 48.4 Å². The molecule has 1 fully saturated rings. The summed E-state index contributed by atoms with van der Waals surface area (Å²) in [7, 11) is 0. The Morgan fingerprint density at radius 2 is 1.91 bits per heavy atom. The smallest absolute Gasteiger partial charge is 0.225 e. The van der Waals surface area contributed by atoms with Gasteiger partial charge in [0.1, 0.15) is 5.75 Å². The second-order valence-electron chi connectivity index (χ2n) is 6.35. The molecule has 0 aliphatic carbocycles. The first-order valence-electron chi connectivity index (χ1n) is 8.23.